The fourth-order valence-corrected chi connectivity index (χ4v) is 10.5. The molecular weight excluding hydrogens is 817 g/mol. The van der Waals surface area contributed by atoms with Crippen LogP contribution in [0.4, 0.5) is 0 Å². The summed E-state index contributed by atoms with van der Waals surface area (Å²) in [5.74, 6) is 6.54. The Morgan fingerprint density at radius 3 is 2.26 bits per heavy atom. The number of thiophene rings is 1. The van der Waals surface area contributed by atoms with Crippen molar-refractivity contribution in [3.63, 3.8) is 0 Å². The minimum atomic E-state index is -1.77. The molecule has 2 nitrogen and oxygen atoms in total. The number of nitrogens with zero attached hydrogens (tertiary/aromatic N) is 2. The molecule has 0 saturated heterocycles. The molecule has 4 aromatic carbocycles. The van der Waals surface area contributed by atoms with Gasteiger partial charge in [0.15, 0.2) is 0 Å². The molecule has 0 aliphatic rings. The molecule has 0 atom stereocenters. The van der Waals surface area contributed by atoms with Crippen molar-refractivity contribution in [1.82, 2.24) is 9.97 Å². The van der Waals surface area contributed by atoms with E-state index in [4.69, 9.17) is 1.37 Å². The summed E-state index contributed by atoms with van der Waals surface area (Å²) < 4.78 is 12.3. The molecule has 0 bridgehead atoms. The van der Waals surface area contributed by atoms with Gasteiger partial charge in [-0.1, -0.05) is 90.5 Å². The van der Waals surface area contributed by atoms with Crippen LogP contribution in [0.5, 0.6) is 0 Å². The van der Waals surface area contributed by atoms with E-state index in [1.165, 1.54) is 41.3 Å². The van der Waals surface area contributed by atoms with Crippen molar-refractivity contribution in [3.05, 3.63) is 139 Å². The van der Waals surface area contributed by atoms with Gasteiger partial charge in [-0.05, 0) is 33.8 Å². The van der Waals surface area contributed by atoms with E-state index in [9.17, 15) is 0 Å². The SMILES string of the molecule is Cc1cc(-c2[c-]cccc2)nc[c]1[Ge]([CH3])([CH3])[CH3].[2H]C(C)(C)c1ccnc(-c2[c-]cc(-c3ccccc3)c3c2sc2ccccc23)c1.[Ir]. The van der Waals surface area contributed by atoms with E-state index >= 15 is 0 Å². The van der Waals surface area contributed by atoms with Crippen molar-refractivity contribution < 1.29 is 21.5 Å². The van der Waals surface area contributed by atoms with Crippen LogP contribution in [0, 0.1) is 19.1 Å². The third-order valence-corrected chi connectivity index (χ3v) is 13.7. The van der Waals surface area contributed by atoms with Crippen LogP contribution in [0.15, 0.2) is 116 Å². The van der Waals surface area contributed by atoms with E-state index in [1.54, 1.807) is 17.5 Å². The largest absolute Gasteiger partial charge is 0.305 e. The Morgan fingerprint density at radius 2 is 1.57 bits per heavy atom. The van der Waals surface area contributed by atoms with Crippen LogP contribution in [0.25, 0.3) is 53.8 Å². The average molecular weight is 857 g/mol. The second-order valence-electron chi connectivity index (χ2n) is 12.6. The molecule has 3 aromatic heterocycles. The molecule has 7 rings (SSSR count). The average Bonchev–Trinajstić information content (AvgIpc) is 3.44. The standard InChI is InChI=1S/C26H20NS.C15H18GeN.Ir/c1-17(2)19-14-15-27-23(16-19)21-13-12-20(18-8-4-3-5-9-18)25-22-10-6-7-11-24(22)28-26(21)25;1-12-10-15(13-8-6-5-7-9-13)17-11-14(12)16(2,3)4;/h3-12,14-17H,1-2H3;5-8,10-11H,1-4H3;/q2*-1;/i17D;;. The number of aromatic nitrogens is 2. The first-order valence-electron chi connectivity index (χ1n) is 15.8. The maximum atomic E-state index is 8.39. The molecule has 0 spiro atoms. The summed E-state index contributed by atoms with van der Waals surface area (Å²) in [5, 5.41) is 2.52. The third kappa shape index (κ3) is 7.26. The molecule has 0 saturated carbocycles. The van der Waals surface area contributed by atoms with Crippen LogP contribution < -0.4 is 4.40 Å². The van der Waals surface area contributed by atoms with Gasteiger partial charge in [0.25, 0.3) is 0 Å². The van der Waals surface area contributed by atoms with E-state index in [0.717, 1.165) is 28.1 Å². The topological polar surface area (TPSA) is 25.8 Å². The fraction of sp³-hybridized carbons (Fsp3) is 0.171. The van der Waals surface area contributed by atoms with Gasteiger partial charge >= 0.3 is 106 Å². The molecule has 233 valence electrons. The number of aryl methyl sites for hydroxylation is 1. The summed E-state index contributed by atoms with van der Waals surface area (Å²) in [6, 6.07) is 42.0. The Kier molecular flexibility index (Phi) is 10.3. The first-order chi connectivity index (χ1) is 22.0. The molecule has 0 N–H and O–H groups in total. The van der Waals surface area contributed by atoms with E-state index in [-0.39, 0.29) is 20.1 Å². The second-order valence-corrected chi connectivity index (χ2v) is 24.2. The number of benzene rings is 4. The van der Waals surface area contributed by atoms with Crippen LogP contribution in [0.1, 0.15) is 32.2 Å². The molecule has 0 unspecified atom stereocenters. The van der Waals surface area contributed by atoms with Gasteiger partial charge in [-0.2, -0.15) is 11.3 Å². The molecule has 0 aliphatic heterocycles. The van der Waals surface area contributed by atoms with Gasteiger partial charge in [0.05, 0.1) is 0 Å². The smallest absolute Gasteiger partial charge is 0.0346 e. The summed E-state index contributed by atoms with van der Waals surface area (Å²) in [6.45, 7) is 6.01. The van der Waals surface area contributed by atoms with Crippen LogP contribution >= 0.6 is 11.3 Å². The molecule has 0 aliphatic carbocycles. The Balaban J connectivity index is 0.000000207. The predicted octanol–water partition coefficient (Wildman–Crippen LogP) is 11.1. The van der Waals surface area contributed by atoms with Gasteiger partial charge in [0.1, 0.15) is 0 Å². The van der Waals surface area contributed by atoms with Gasteiger partial charge in [-0.3, -0.25) is 0 Å². The number of fused-ring (bicyclic) bond motifs is 3. The molecule has 0 amide bonds. The van der Waals surface area contributed by atoms with Gasteiger partial charge in [0, 0.05) is 32.4 Å². The van der Waals surface area contributed by atoms with Gasteiger partial charge in [-0.15, -0.1) is 17.7 Å². The molecule has 46 heavy (non-hydrogen) atoms. The van der Waals surface area contributed by atoms with Crippen molar-refractivity contribution in [1.29, 1.82) is 0 Å². The molecular formula is C41H38GeIrN2S-2. The monoisotopic (exact) mass is 858 g/mol. The quantitative estimate of drug-likeness (QED) is 0.127. The Hall–Kier alpha value is -3.41. The van der Waals surface area contributed by atoms with Crippen molar-refractivity contribution in [2.24, 2.45) is 0 Å². The summed E-state index contributed by atoms with van der Waals surface area (Å²) >= 11 is 0.0146. The van der Waals surface area contributed by atoms with Crippen LogP contribution in [-0.4, -0.2) is 23.2 Å². The normalized spacial score (nSPS) is 11.8. The minimum Gasteiger partial charge on any atom is -0.305 e. The number of pyridine rings is 2. The zero-order valence-electron chi connectivity index (χ0n) is 28.1. The third-order valence-electron chi connectivity index (χ3n) is 8.03. The number of hydrogen-bond donors (Lipinski definition) is 0. The second kappa shape index (κ2) is 14.6. The zero-order valence-corrected chi connectivity index (χ0v) is 32.4. The maximum Gasteiger partial charge on any atom is 0.0346 e. The van der Waals surface area contributed by atoms with Gasteiger partial charge in [0.2, 0.25) is 0 Å². The van der Waals surface area contributed by atoms with Crippen molar-refractivity contribution in [3.8, 4) is 33.6 Å². The van der Waals surface area contributed by atoms with Crippen LogP contribution in [0.2, 0.25) is 17.3 Å². The summed E-state index contributed by atoms with van der Waals surface area (Å²) in [6.07, 6.45) is 3.88. The van der Waals surface area contributed by atoms with Crippen LogP contribution in [0.3, 0.4) is 0 Å². The Bertz CT molecular complexity index is 2130. The first kappa shape index (κ1) is 32.5. The molecule has 5 heteroatoms. The molecule has 1 radical (unpaired) electrons. The zero-order chi connectivity index (χ0) is 32.5. The van der Waals surface area contributed by atoms with E-state index in [0.29, 0.717) is 0 Å². The van der Waals surface area contributed by atoms with E-state index in [1.807, 2.05) is 50.2 Å². The fourth-order valence-electron chi connectivity index (χ4n) is 5.73. The van der Waals surface area contributed by atoms with Gasteiger partial charge in [-0.25, -0.2) is 0 Å². The van der Waals surface area contributed by atoms with E-state index in [2.05, 4.69) is 119 Å². The van der Waals surface area contributed by atoms with Gasteiger partial charge < -0.3 is 4.98 Å². The number of rotatable bonds is 5. The molecule has 3 heterocycles. The van der Waals surface area contributed by atoms with E-state index < -0.39 is 19.2 Å². The minimum absolute atomic E-state index is 0. The summed E-state index contributed by atoms with van der Waals surface area (Å²) in [7, 11) is 0. The summed E-state index contributed by atoms with van der Waals surface area (Å²) in [5.41, 5.74) is 8.70. The van der Waals surface area contributed by atoms with Crippen molar-refractivity contribution >= 4 is 49.2 Å². The van der Waals surface area contributed by atoms with Crippen LogP contribution in [-0.2, 0) is 20.1 Å². The Labute approximate surface area is 295 Å². The summed E-state index contributed by atoms with van der Waals surface area (Å²) in [4.78, 5) is 9.23. The number of hydrogen-bond acceptors (Lipinski definition) is 3. The van der Waals surface area contributed by atoms with Crippen molar-refractivity contribution in [2.45, 2.75) is 43.9 Å². The Morgan fingerprint density at radius 1 is 0.826 bits per heavy atom. The maximum absolute atomic E-state index is 8.39. The molecule has 0 fully saturated rings. The first-order valence-corrected chi connectivity index (χ1v) is 23.5. The van der Waals surface area contributed by atoms with Crippen molar-refractivity contribution in [2.75, 3.05) is 0 Å². The predicted molar refractivity (Wildman–Crippen MR) is 197 cm³/mol. The molecule has 7 aromatic rings.